The lowest BCUT2D eigenvalue weighted by molar-refractivity contribution is -0.127. The Morgan fingerprint density at radius 2 is 1.87 bits per heavy atom. The molecule has 1 heterocycles. The molecule has 2 aromatic carbocycles. The largest absolute Gasteiger partial charge is 0.492 e. The van der Waals surface area contributed by atoms with Crippen molar-refractivity contribution in [3.05, 3.63) is 58.9 Å². The fourth-order valence-corrected chi connectivity index (χ4v) is 4.04. The molecule has 1 aromatic heterocycles. The summed E-state index contributed by atoms with van der Waals surface area (Å²) in [6.45, 7) is 5.20. The number of aromatic nitrogens is 2. The summed E-state index contributed by atoms with van der Waals surface area (Å²) < 4.78 is 7.30. The minimum absolute atomic E-state index is 0.0144. The summed E-state index contributed by atoms with van der Waals surface area (Å²) in [5.74, 6) is 0.829. The number of hydrogen-bond donors (Lipinski definition) is 0. The average Bonchev–Trinajstić information content (AvgIpc) is 2.77. The maximum Gasteiger partial charge on any atom is 0.266 e. The second kappa shape index (κ2) is 10.3. The zero-order valence-electron chi connectivity index (χ0n) is 17.6. The van der Waals surface area contributed by atoms with Crippen LogP contribution in [0, 0.1) is 0 Å². The van der Waals surface area contributed by atoms with Crippen molar-refractivity contribution < 1.29 is 9.53 Å². The maximum atomic E-state index is 13.4. The van der Waals surface area contributed by atoms with Crippen LogP contribution in [-0.4, -0.2) is 46.3 Å². The standard InChI is InChI=1S/C23H27N3O3S/c1-4-6-15-25(3)21(27)16-30-23-24-18-12-8-7-11-17(18)22(28)26(23)19-13-9-10-14-20(19)29-5-2/h7-14H,4-6,15-16H2,1-3H3. The van der Waals surface area contributed by atoms with Gasteiger partial charge < -0.3 is 9.64 Å². The summed E-state index contributed by atoms with van der Waals surface area (Å²) in [7, 11) is 1.81. The highest BCUT2D eigenvalue weighted by Gasteiger charge is 2.18. The van der Waals surface area contributed by atoms with Crippen LogP contribution in [0.2, 0.25) is 0 Å². The number of carbonyl (C=O) groups is 1. The van der Waals surface area contributed by atoms with Crippen LogP contribution in [0.4, 0.5) is 0 Å². The van der Waals surface area contributed by atoms with Gasteiger partial charge in [-0.15, -0.1) is 0 Å². The third kappa shape index (κ3) is 4.84. The number of carbonyl (C=O) groups excluding carboxylic acids is 1. The Morgan fingerprint density at radius 3 is 2.63 bits per heavy atom. The lowest BCUT2D eigenvalue weighted by Gasteiger charge is -2.18. The van der Waals surface area contributed by atoms with Crippen LogP contribution >= 0.6 is 11.8 Å². The van der Waals surface area contributed by atoms with E-state index in [1.807, 2.05) is 56.4 Å². The zero-order chi connectivity index (χ0) is 21.5. The fraction of sp³-hybridized carbons (Fsp3) is 0.348. The molecule has 0 bridgehead atoms. The molecule has 1 amide bonds. The minimum atomic E-state index is -0.179. The third-order valence-electron chi connectivity index (χ3n) is 4.75. The Morgan fingerprint density at radius 1 is 1.13 bits per heavy atom. The highest BCUT2D eigenvalue weighted by atomic mass is 32.2. The van der Waals surface area contributed by atoms with Crippen molar-refractivity contribution in [1.29, 1.82) is 0 Å². The van der Waals surface area contributed by atoms with Gasteiger partial charge in [0.05, 0.1) is 29.0 Å². The quantitative estimate of drug-likeness (QED) is 0.381. The average molecular weight is 426 g/mol. The number of para-hydroxylation sites is 3. The first-order chi connectivity index (χ1) is 14.6. The van der Waals surface area contributed by atoms with Crippen molar-refractivity contribution in [2.24, 2.45) is 0 Å². The fourth-order valence-electron chi connectivity index (χ4n) is 3.10. The van der Waals surface area contributed by atoms with Gasteiger partial charge in [0.15, 0.2) is 5.16 Å². The van der Waals surface area contributed by atoms with Crippen molar-refractivity contribution >= 4 is 28.6 Å². The van der Waals surface area contributed by atoms with Crippen molar-refractivity contribution in [2.75, 3.05) is 26.0 Å². The molecule has 0 aliphatic heterocycles. The van der Waals surface area contributed by atoms with Crippen molar-refractivity contribution in [2.45, 2.75) is 31.8 Å². The van der Waals surface area contributed by atoms with Crippen molar-refractivity contribution in [3.63, 3.8) is 0 Å². The second-order valence-corrected chi connectivity index (χ2v) is 7.85. The smallest absolute Gasteiger partial charge is 0.266 e. The first-order valence-electron chi connectivity index (χ1n) is 10.2. The molecule has 0 spiro atoms. The normalized spacial score (nSPS) is 10.9. The molecule has 30 heavy (non-hydrogen) atoms. The van der Waals surface area contributed by atoms with Gasteiger partial charge >= 0.3 is 0 Å². The van der Waals surface area contributed by atoms with Crippen LogP contribution in [0.5, 0.6) is 5.75 Å². The van der Waals surface area contributed by atoms with Gasteiger partial charge in [0.2, 0.25) is 5.91 Å². The summed E-state index contributed by atoms with van der Waals surface area (Å²) in [6.07, 6.45) is 2.00. The number of benzene rings is 2. The van der Waals surface area contributed by atoms with Crippen molar-refractivity contribution in [1.82, 2.24) is 14.5 Å². The summed E-state index contributed by atoms with van der Waals surface area (Å²) in [5, 5.41) is 1.00. The summed E-state index contributed by atoms with van der Waals surface area (Å²) in [6, 6.07) is 14.7. The van der Waals surface area contributed by atoms with Crippen LogP contribution in [0.25, 0.3) is 16.6 Å². The minimum Gasteiger partial charge on any atom is -0.492 e. The van der Waals surface area contributed by atoms with E-state index >= 15 is 0 Å². The maximum absolute atomic E-state index is 13.4. The van der Waals surface area contributed by atoms with E-state index < -0.39 is 0 Å². The van der Waals surface area contributed by atoms with Crippen molar-refractivity contribution in [3.8, 4) is 11.4 Å². The Labute approximate surface area is 180 Å². The molecule has 0 N–H and O–H groups in total. The van der Waals surface area contributed by atoms with Gasteiger partial charge in [-0.05, 0) is 37.6 Å². The molecule has 7 heteroatoms. The van der Waals surface area contributed by atoms with E-state index in [1.54, 1.807) is 15.5 Å². The monoisotopic (exact) mass is 425 g/mol. The molecule has 0 fully saturated rings. The van der Waals surface area contributed by atoms with E-state index in [0.717, 1.165) is 19.4 Å². The number of fused-ring (bicyclic) bond motifs is 1. The molecule has 0 aliphatic carbocycles. The summed E-state index contributed by atoms with van der Waals surface area (Å²) in [5.41, 5.74) is 1.06. The molecule has 3 rings (SSSR count). The number of ether oxygens (including phenoxy) is 1. The van der Waals surface area contributed by atoms with Crippen LogP contribution in [0.1, 0.15) is 26.7 Å². The van der Waals surface area contributed by atoms with Crippen LogP contribution in [0.3, 0.4) is 0 Å². The zero-order valence-corrected chi connectivity index (χ0v) is 18.4. The molecule has 6 nitrogen and oxygen atoms in total. The van der Waals surface area contributed by atoms with Gasteiger partial charge in [-0.3, -0.25) is 14.2 Å². The van der Waals surface area contributed by atoms with Crippen LogP contribution in [0.15, 0.2) is 58.5 Å². The first kappa shape index (κ1) is 21.9. The Kier molecular flexibility index (Phi) is 7.52. The summed E-state index contributed by atoms with van der Waals surface area (Å²) in [4.78, 5) is 32.4. The number of hydrogen-bond acceptors (Lipinski definition) is 5. The topological polar surface area (TPSA) is 64.4 Å². The first-order valence-corrected chi connectivity index (χ1v) is 11.2. The van der Waals surface area contributed by atoms with Gasteiger partial charge in [-0.2, -0.15) is 0 Å². The lowest BCUT2D eigenvalue weighted by Crippen LogP contribution is -2.30. The third-order valence-corrected chi connectivity index (χ3v) is 5.67. The molecule has 3 aromatic rings. The van der Waals surface area contributed by atoms with Crippen LogP contribution in [-0.2, 0) is 4.79 Å². The predicted molar refractivity (Wildman–Crippen MR) is 122 cm³/mol. The van der Waals surface area contributed by atoms with E-state index in [4.69, 9.17) is 9.72 Å². The molecular formula is C23H27N3O3S. The molecule has 0 saturated heterocycles. The molecule has 0 aliphatic rings. The number of thioether (sulfide) groups is 1. The lowest BCUT2D eigenvalue weighted by atomic mass is 10.2. The molecule has 0 unspecified atom stereocenters. The van der Waals surface area contributed by atoms with Gasteiger partial charge in [-0.25, -0.2) is 4.98 Å². The number of amides is 1. The number of rotatable bonds is 9. The Hall–Kier alpha value is -2.80. The van der Waals surface area contributed by atoms with Gasteiger partial charge in [0.1, 0.15) is 5.75 Å². The Bertz CT molecular complexity index is 1080. The van der Waals surface area contributed by atoms with E-state index in [2.05, 4.69) is 6.92 Å². The van der Waals surface area contributed by atoms with E-state index in [1.165, 1.54) is 11.8 Å². The summed E-state index contributed by atoms with van der Waals surface area (Å²) >= 11 is 1.27. The van der Waals surface area contributed by atoms with Crippen LogP contribution < -0.4 is 10.3 Å². The van der Waals surface area contributed by atoms with Gasteiger partial charge in [0.25, 0.3) is 5.56 Å². The number of unbranched alkanes of at least 4 members (excludes halogenated alkanes) is 1. The predicted octanol–water partition coefficient (Wildman–Crippen LogP) is 4.14. The molecule has 0 atom stereocenters. The van der Waals surface area contributed by atoms with E-state index in [-0.39, 0.29) is 17.2 Å². The van der Waals surface area contributed by atoms with Gasteiger partial charge in [0, 0.05) is 13.6 Å². The molecule has 0 saturated carbocycles. The Balaban J connectivity index is 2.04. The second-order valence-electron chi connectivity index (χ2n) is 6.91. The molecule has 0 radical (unpaired) electrons. The molecular weight excluding hydrogens is 398 g/mol. The van der Waals surface area contributed by atoms with Gasteiger partial charge in [-0.1, -0.05) is 49.4 Å². The highest BCUT2D eigenvalue weighted by Crippen LogP contribution is 2.27. The highest BCUT2D eigenvalue weighted by molar-refractivity contribution is 7.99. The number of nitrogens with zero attached hydrogens (tertiary/aromatic N) is 3. The SMILES string of the molecule is CCCCN(C)C(=O)CSc1nc2ccccc2c(=O)n1-c1ccccc1OCC. The van der Waals surface area contributed by atoms with E-state index in [0.29, 0.717) is 34.1 Å². The molecule has 158 valence electrons. The van der Waals surface area contributed by atoms with E-state index in [9.17, 15) is 9.59 Å².